The van der Waals surface area contributed by atoms with Gasteiger partial charge in [-0.1, -0.05) is 131 Å². The highest BCUT2D eigenvalue weighted by molar-refractivity contribution is 7.07. The number of hydrogen-bond donors (Lipinski definition) is 0. The molecule has 0 bridgehead atoms. The van der Waals surface area contributed by atoms with E-state index < -0.39 is 25.7 Å². The Labute approximate surface area is 221 Å². The summed E-state index contributed by atoms with van der Waals surface area (Å²) in [5.74, 6) is 0. The van der Waals surface area contributed by atoms with Gasteiger partial charge in [-0.15, -0.1) is 0 Å². The predicted molar refractivity (Wildman–Crippen MR) is 158 cm³/mol. The molecule has 3 nitrogen and oxygen atoms in total. The number of hydrogen-bond acceptors (Lipinski definition) is 3. The van der Waals surface area contributed by atoms with Crippen molar-refractivity contribution in [1.82, 2.24) is 0 Å². The lowest BCUT2D eigenvalue weighted by atomic mass is 10.2. The summed E-state index contributed by atoms with van der Waals surface area (Å²) < 4.78 is 22.8. The number of benzene rings is 3. The van der Waals surface area contributed by atoms with Crippen molar-refractivity contribution in [3.63, 3.8) is 0 Å². The molecule has 0 atom stereocenters. The molecule has 0 spiro atoms. The normalized spacial score (nSPS) is 26.7. The first-order valence-electron chi connectivity index (χ1n) is 13.3. The largest absolute Gasteiger partial charge is 0.408 e. The van der Waals surface area contributed by atoms with Crippen molar-refractivity contribution >= 4 is 41.2 Å². The van der Waals surface area contributed by atoms with Gasteiger partial charge in [0.05, 0.1) is 0 Å². The fourth-order valence-corrected chi connectivity index (χ4v) is 25.2. The van der Waals surface area contributed by atoms with Crippen LogP contribution in [0.3, 0.4) is 0 Å². The highest BCUT2D eigenvalue weighted by Gasteiger charge is 2.67. The second kappa shape index (κ2) is 10.2. The van der Waals surface area contributed by atoms with Gasteiger partial charge in [0.25, 0.3) is 0 Å². The van der Waals surface area contributed by atoms with Gasteiger partial charge < -0.3 is 12.3 Å². The molecule has 0 aliphatic carbocycles. The zero-order valence-corrected chi connectivity index (χ0v) is 26.4. The molecule has 3 aromatic carbocycles. The molecule has 0 unspecified atom stereocenters. The molecule has 1 aliphatic rings. The molecular weight excluding hydrogens is 493 g/mol. The lowest BCUT2D eigenvalue weighted by Crippen LogP contribution is -2.82. The van der Waals surface area contributed by atoms with Crippen LogP contribution in [0, 0.1) is 20.8 Å². The van der Waals surface area contributed by atoms with E-state index in [1.54, 1.807) is 0 Å². The molecule has 1 aliphatic heterocycles. The summed E-state index contributed by atoms with van der Waals surface area (Å²) in [5, 5.41) is 3.66. The Morgan fingerprint density at radius 3 is 0.889 bits per heavy atom. The third-order valence-corrected chi connectivity index (χ3v) is 22.6. The van der Waals surface area contributed by atoms with E-state index in [9.17, 15) is 0 Å². The zero-order chi connectivity index (χ0) is 26.3. The van der Waals surface area contributed by atoms with Crippen molar-refractivity contribution in [3.8, 4) is 0 Å². The standard InChI is InChI=1S/C30H42O3Si3/c1-22(2)34(28-16-10-13-25(7)19-28)31-35(23(3)4,29-17-11-14-26(8)20-29)33-36(32-34,24(5)6)30-18-12-15-27(9)21-30/h10-24H,1-9H3. The van der Waals surface area contributed by atoms with E-state index in [4.69, 9.17) is 12.3 Å². The van der Waals surface area contributed by atoms with Crippen LogP contribution in [0.15, 0.2) is 72.8 Å². The Kier molecular flexibility index (Phi) is 7.68. The van der Waals surface area contributed by atoms with E-state index in [0.717, 1.165) is 0 Å². The van der Waals surface area contributed by atoms with Crippen molar-refractivity contribution < 1.29 is 12.3 Å². The quantitative estimate of drug-likeness (QED) is 0.350. The Hall–Kier alpha value is -1.81. The zero-order valence-electron chi connectivity index (χ0n) is 23.4. The predicted octanol–water partition coefficient (Wildman–Crippen LogP) is 6.25. The van der Waals surface area contributed by atoms with E-state index in [2.05, 4.69) is 135 Å². The number of aryl methyl sites for hydroxylation is 3. The molecule has 1 saturated heterocycles. The Morgan fingerprint density at radius 2 is 0.694 bits per heavy atom. The van der Waals surface area contributed by atoms with Gasteiger partial charge in [-0.05, 0) is 53.0 Å². The maximum Gasteiger partial charge on any atom is 0.358 e. The van der Waals surface area contributed by atoms with Gasteiger partial charge in [0.2, 0.25) is 0 Å². The second-order valence-electron chi connectivity index (χ2n) is 11.4. The highest BCUT2D eigenvalue weighted by atomic mass is 28.5. The van der Waals surface area contributed by atoms with E-state index in [1.807, 2.05) is 0 Å². The molecule has 1 heterocycles. The summed E-state index contributed by atoms with van der Waals surface area (Å²) >= 11 is 0. The van der Waals surface area contributed by atoms with Crippen molar-refractivity contribution in [3.05, 3.63) is 89.5 Å². The van der Waals surface area contributed by atoms with Crippen LogP contribution in [0.1, 0.15) is 58.2 Å². The molecule has 6 heteroatoms. The van der Waals surface area contributed by atoms with Gasteiger partial charge in [0, 0.05) is 0 Å². The summed E-state index contributed by atoms with van der Waals surface area (Å²) in [6.45, 7) is 20.2. The van der Waals surface area contributed by atoms with E-state index >= 15 is 0 Å². The van der Waals surface area contributed by atoms with Crippen LogP contribution < -0.4 is 15.6 Å². The third kappa shape index (κ3) is 4.64. The lowest BCUT2D eigenvalue weighted by Gasteiger charge is -2.57. The van der Waals surface area contributed by atoms with Crippen molar-refractivity contribution in [2.24, 2.45) is 0 Å². The summed E-state index contributed by atoms with van der Waals surface area (Å²) in [6.07, 6.45) is 0. The van der Waals surface area contributed by atoms with Crippen LogP contribution >= 0.6 is 0 Å². The van der Waals surface area contributed by atoms with Crippen molar-refractivity contribution in [2.75, 3.05) is 0 Å². The van der Waals surface area contributed by atoms with Crippen molar-refractivity contribution in [1.29, 1.82) is 0 Å². The van der Waals surface area contributed by atoms with Gasteiger partial charge in [-0.2, -0.15) is 0 Å². The smallest absolute Gasteiger partial charge is 0.358 e. The van der Waals surface area contributed by atoms with Crippen molar-refractivity contribution in [2.45, 2.75) is 78.9 Å². The molecule has 4 rings (SSSR count). The average molecular weight is 535 g/mol. The molecule has 192 valence electrons. The fourth-order valence-electron chi connectivity index (χ4n) is 5.38. The molecule has 1 fully saturated rings. The maximum atomic E-state index is 7.59. The van der Waals surface area contributed by atoms with Gasteiger partial charge in [-0.3, -0.25) is 0 Å². The summed E-state index contributed by atoms with van der Waals surface area (Å²) in [7, 11) is -8.90. The Balaban J connectivity index is 2.10. The van der Waals surface area contributed by atoms with Crippen LogP contribution in [0.5, 0.6) is 0 Å². The first kappa shape index (κ1) is 27.2. The second-order valence-corrected chi connectivity index (χ2v) is 23.0. The van der Waals surface area contributed by atoms with Gasteiger partial charge in [0.1, 0.15) is 0 Å². The fraction of sp³-hybridized carbons (Fsp3) is 0.400. The summed E-state index contributed by atoms with van der Waals surface area (Å²) in [4.78, 5) is 0. The van der Waals surface area contributed by atoms with Crippen LogP contribution in [0.2, 0.25) is 16.6 Å². The monoisotopic (exact) mass is 534 g/mol. The summed E-state index contributed by atoms with van der Waals surface area (Å²) in [5.41, 5.74) is 4.35. The SMILES string of the molecule is Cc1cccc([Si]2(C(C)C)O[Si](c3cccc(C)c3)(C(C)C)O[Si](c3cccc(C)c3)(C(C)C)O2)c1. The molecule has 3 aromatic rings. The first-order valence-corrected chi connectivity index (χ1v) is 19.0. The van der Waals surface area contributed by atoms with E-state index in [0.29, 0.717) is 0 Å². The first-order chi connectivity index (χ1) is 16.9. The molecular formula is C30H42O3Si3. The summed E-state index contributed by atoms with van der Waals surface area (Å²) in [6, 6.07) is 26.5. The molecule has 0 amide bonds. The minimum atomic E-state index is -2.97. The topological polar surface area (TPSA) is 27.7 Å². The van der Waals surface area contributed by atoms with Crippen LogP contribution in [0.4, 0.5) is 0 Å². The van der Waals surface area contributed by atoms with E-state index in [1.165, 1.54) is 32.3 Å². The lowest BCUT2D eigenvalue weighted by molar-refractivity contribution is 0.220. The van der Waals surface area contributed by atoms with Crippen LogP contribution in [-0.4, -0.2) is 25.7 Å². The highest BCUT2D eigenvalue weighted by Crippen LogP contribution is 2.44. The molecule has 0 saturated carbocycles. The van der Waals surface area contributed by atoms with Gasteiger partial charge in [-0.25, -0.2) is 0 Å². The third-order valence-electron chi connectivity index (χ3n) is 7.45. The molecule has 36 heavy (non-hydrogen) atoms. The molecule has 0 N–H and O–H groups in total. The Morgan fingerprint density at radius 1 is 0.444 bits per heavy atom. The van der Waals surface area contributed by atoms with Crippen LogP contribution in [-0.2, 0) is 12.3 Å². The average Bonchev–Trinajstić information content (AvgIpc) is 2.83. The molecule has 0 aromatic heterocycles. The van der Waals surface area contributed by atoms with E-state index in [-0.39, 0.29) is 16.6 Å². The maximum absolute atomic E-state index is 7.59. The minimum Gasteiger partial charge on any atom is -0.408 e. The minimum absolute atomic E-state index is 0.217. The Bertz CT molecular complexity index is 1060. The van der Waals surface area contributed by atoms with Gasteiger partial charge >= 0.3 is 25.7 Å². The number of rotatable bonds is 6. The van der Waals surface area contributed by atoms with Crippen LogP contribution in [0.25, 0.3) is 0 Å². The molecule has 0 radical (unpaired) electrons. The van der Waals surface area contributed by atoms with Gasteiger partial charge in [0.15, 0.2) is 0 Å².